The maximum Gasteiger partial charge on any atom is 0.252 e. The Hall–Kier alpha value is -1.88. The van der Waals surface area contributed by atoms with Gasteiger partial charge in [0.25, 0.3) is 5.91 Å². The highest BCUT2D eigenvalue weighted by Crippen LogP contribution is 2.09. The zero-order valence-corrected chi connectivity index (χ0v) is 10.7. The molecule has 2 rings (SSSR count). The van der Waals surface area contributed by atoms with Gasteiger partial charge < -0.3 is 9.73 Å². The number of nitrogens with one attached hydrogen (secondary N) is 1. The SMILES string of the molecule is CC(CC(=O)c1ccco1)NC(=O)c1ccsc1. The third kappa shape index (κ3) is 3.07. The van der Waals surface area contributed by atoms with Crippen molar-refractivity contribution in [3.05, 3.63) is 46.5 Å². The highest BCUT2D eigenvalue weighted by Gasteiger charge is 2.16. The minimum atomic E-state index is -0.227. The molecule has 0 bridgehead atoms. The number of Topliss-reactive ketones (excluding diaryl/α,β-unsaturated/α-hetero) is 1. The van der Waals surface area contributed by atoms with Crippen LogP contribution in [-0.4, -0.2) is 17.7 Å². The number of carbonyl (C=O) groups is 2. The van der Waals surface area contributed by atoms with E-state index < -0.39 is 0 Å². The number of carbonyl (C=O) groups excluding carboxylic acids is 2. The van der Waals surface area contributed by atoms with Crippen molar-refractivity contribution in [1.29, 1.82) is 0 Å². The van der Waals surface area contributed by atoms with E-state index in [0.29, 0.717) is 11.3 Å². The zero-order chi connectivity index (χ0) is 13.0. The van der Waals surface area contributed by atoms with Gasteiger partial charge >= 0.3 is 0 Å². The van der Waals surface area contributed by atoms with Crippen molar-refractivity contribution in [2.24, 2.45) is 0 Å². The molecule has 1 unspecified atom stereocenters. The summed E-state index contributed by atoms with van der Waals surface area (Å²) in [6.07, 6.45) is 1.69. The van der Waals surface area contributed by atoms with E-state index in [-0.39, 0.29) is 24.2 Å². The zero-order valence-electron chi connectivity index (χ0n) is 9.88. The van der Waals surface area contributed by atoms with E-state index in [1.54, 1.807) is 30.5 Å². The van der Waals surface area contributed by atoms with Crippen LogP contribution < -0.4 is 5.32 Å². The van der Waals surface area contributed by atoms with Crippen LogP contribution in [0.25, 0.3) is 0 Å². The van der Waals surface area contributed by atoms with Crippen LogP contribution in [0.3, 0.4) is 0 Å². The van der Waals surface area contributed by atoms with Gasteiger partial charge in [-0.1, -0.05) is 0 Å². The average molecular weight is 263 g/mol. The van der Waals surface area contributed by atoms with E-state index in [9.17, 15) is 9.59 Å². The lowest BCUT2D eigenvalue weighted by Gasteiger charge is -2.11. The van der Waals surface area contributed by atoms with Crippen LogP contribution >= 0.6 is 11.3 Å². The monoisotopic (exact) mass is 263 g/mol. The van der Waals surface area contributed by atoms with Crippen LogP contribution in [0.2, 0.25) is 0 Å². The van der Waals surface area contributed by atoms with Crippen molar-refractivity contribution >= 4 is 23.0 Å². The lowest BCUT2D eigenvalue weighted by atomic mass is 10.1. The summed E-state index contributed by atoms with van der Waals surface area (Å²) in [4.78, 5) is 23.5. The van der Waals surface area contributed by atoms with Gasteiger partial charge in [0.2, 0.25) is 0 Å². The Balaban J connectivity index is 1.87. The van der Waals surface area contributed by atoms with Crippen LogP contribution in [0.15, 0.2) is 39.6 Å². The van der Waals surface area contributed by atoms with E-state index in [2.05, 4.69) is 5.32 Å². The number of rotatable bonds is 5. The number of furan rings is 1. The highest BCUT2D eigenvalue weighted by atomic mass is 32.1. The molecule has 94 valence electrons. The molecule has 2 heterocycles. The Morgan fingerprint density at radius 1 is 1.44 bits per heavy atom. The van der Waals surface area contributed by atoms with Crippen molar-refractivity contribution in [3.8, 4) is 0 Å². The number of thiophene rings is 1. The summed E-state index contributed by atoms with van der Waals surface area (Å²) in [6.45, 7) is 1.80. The minimum absolute atomic E-state index is 0.113. The van der Waals surface area contributed by atoms with Crippen LogP contribution in [0.4, 0.5) is 0 Å². The highest BCUT2D eigenvalue weighted by molar-refractivity contribution is 7.08. The average Bonchev–Trinajstić information content (AvgIpc) is 3.02. The maximum absolute atomic E-state index is 11.7. The van der Waals surface area contributed by atoms with Crippen LogP contribution in [-0.2, 0) is 0 Å². The Labute approximate surface area is 109 Å². The first-order valence-corrected chi connectivity index (χ1v) is 6.51. The predicted molar refractivity (Wildman–Crippen MR) is 68.9 cm³/mol. The smallest absolute Gasteiger partial charge is 0.252 e. The van der Waals surface area contributed by atoms with Gasteiger partial charge in [-0.3, -0.25) is 9.59 Å². The lowest BCUT2D eigenvalue weighted by molar-refractivity contribution is 0.0907. The van der Waals surface area contributed by atoms with E-state index in [4.69, 9.17) is 4.42 Å². The van der Waals surface area contributed by atoms with Crippen LogP contribution in [0.5, 0.6) is 0 Å². The van der Waals surface area contributed by atoms with E-state index in [1.807, 2.05) is 5.38 Å². The first kappa shape index (κ1) is 12.6. The van der Waals surface area contributed by atoms with Gasteiger partial charge in [-0.15, -0.1) is 0 Å². The second kappa shape index (κ2) is 5.64. The second-order valence-corrected chi connectivity index (χ2v) is 4.77. The molecule has 1 atom stereocenters. The molecule has 1 amide bonds. The fourth-order valence-electron chi connectivity index (χ4n) is 1.57. The molecule has 0 aliphatic heterocycles. The molecule has 0 aromatic carbocycles. The number of hydrogen-bond donors (Lipinski definition) is 1. The molecule has 2 aromatic rings. The third-order valence-electron chi connectivity index (χ3n) is 2.45. The van der Waals surface area contributed by atoms with E-state index in [0.717, 1.165) is 0 Å². The van der Waals surface area contributed by atoms with Gasteiger partial charge in [0.05, 0.1) is 6.26 Å². The first-order chi connectivity index (χ1) is 8.66. The molecule has 0 saturated carbocycles. The van der Waals surface area contributed by atoms with Crippen molar-refractivity contribution in [2.45, 2.75) is 19.4 Å². The Bertz CT molecular complexity index is 468. The van der Waals surface area contributed by atoms with Gasteiger partial charge in [-0.25, -0.2) is 0 Å². The topological polar surface area (TPSA) is 59.3 Å². The molecule has 0 radical (unpaired) electrons. The molecule has 1 N–H and O–H groups in total. The fourth-order valence-corrected chi connectivity index (χ4v) is 2.20. The van der Waals surface area contributed by atoms with E-state index >= 15 is 0 Å². The number of ketones is 1. The van der Waals surface area contributed by atoms with Crippen molar-refractivity contribution in [2.75, 3.05) is 0 Å². The largest absolute Gasteiger partial charge is 0.461 e. The molecule has 0 aliphatic rings. The van der Waals surface area contributed by atoms with Crippen molar-refractivity contribution in [3.63, 3.8) is 0 Å². The van der Waals surface area contributed by atoms with Gasteiger partial charge in [-0.05, 0) is 30.5 Å². The number of hydrogen-bond acceptors (Lipinski definition) is 4. The molecule has 0 saturated heterocycles. The Morgan fingerprint density at radius 3 is 2.89 bits per heavy atom. The maximum atomic E-state index is 11.7. The lowest BCUT2D eigenvalue weighted by Crippen LogP contribution is -2.33. The summed E-state index contributed by atoms with van der Waals surface area (Å²) in [5.74, 6) is 0.0562. The summed E-state index contributed by atoms with van der Waals surface area (Å²) in [5, 5.41) is 6.40. The van der Waals surface area contributed by atoms with Gasteiger partial charge in [0, 0.05) is 23.4 Å². The van der Waals surface area contributed by atoms with Crippen LogP contribution in [0, 0.1) is 0 Å². The van der Waals surface area contributed by atoms with Gasteiger partial charge in [0.1, 0.15) is 0 Å². The van der Waals surface area contributed by atoms with Gasteiger partial charge in [-0.2, -0.15) is 11.3 Å². The summed E-state index contributed by atoms with van der Waals surface area (Å²) in [5.41, 5.74) is 0.622. The quantitative estimate of drug-likeness (QED) is 0.844. The molecular formula is C13H13NO3S. The molecule has 0 aliphatic carbocycles. The summed E-state index contributed by atoms with van der Waals surface area (Å²) < 4.78 is 5.01. The van der Waals surface area contributed by atoms with E-state index in [1.165, 1.54) is 17.6 Å². The molecule has 5 heteroatoms. The molecule has 4 nitrogen and oxygen atoms in total. The summed E-state index contributed by atoms with van der Waals surface area (Å²) in [7, 11) is 0. The Kier molecular flexibility index (Phi) is 3.94. The minimum Gasteiger partial charge on any atom is -0.461 e. The Morgan fingerprint density at radius 2 is 2.28 bits per heavy atom. The van der Waals surface area contributed by atoms with Crippen LogP contribution in [0.1, 0.15) is 34.3 Å². The first-order valence-electron chi connectivity index (χ1n) is 5.56. The normalized spacial score (nSPS) is 12.1. The molecule has 0 spiro atoms. The number of amides is 1. The van der Waals surface area contributed by atoms with Crippen molar-refractivity contribution in [1.82, 2.24) is 5.32 Å². The van der Waals surface area contributed by atoms with Gasteiger partial charge in [0.15, 0.2) is 11.5 Å². The fraction of sp³-hybridized carbons (Fsp3) is 0.231. The molecule has 0 fully saturated rings. The standard InChI is InChI=1S/C13H13NO3S/c1-9(7-11(15)12-3-2-5-17-12)14-13(16)10-4-6-18-8-10/h2-6,8-9H,7H2,1H3,(H,14,16). The second-order valence-electron chi connectivity index (χ2n) is 3.99. The molecule has 18 heavy (non-hydrogen) atoms. The molecular weight excluding hydrogens is 250 g/mol. The summed E-state index contributed by atoms with van der Waals surface area (Å²) >= 11 is 1.46. The predicted octanol–water partition coefficient (Wildman–Crippen LogP) is 2.73. The van der Waals surface area contributed by atoms with Crippen molar-refractivity contribution < 1.29 is 14.0 Å². The third-order valence-corrected chi connectivity index (χ3v) is 3.13. The summed E-state index contributed by atoms with van der Waals surface area (Å²) in [6, 6.07) is 4.81. The molecule has 2 aromatic heterocycles.